The molecule has 8 heteroatoms. The van der Waals surface area contributed by atoms with Gasteiger partial charge in [0, 0.05) is 50.9 Å². The molecule has 0 bridgehead atoms. The summed E-state index contributed by atoms with van der Waals surface area (Å²) in [6.45, 7) is 5.84. The summed E-state index contributed by atoms with van der Waals surface area (Å²) in [5, 5.41) is 0.721. The zero-order chi connectivity index (χ0) is 24.5. The van der Waals surface area contributed by atoms with Gasteiger partial charge in [0.2, 0.25) is 5.95 Å². The molecule has 1 N–H and O–H groups in total. The highest BCUT2D eigenvalue weighted by Crippen LogP contribution is 2.37. The van der Waals surface area contributed by atoms with Crippen molar-refractivity contribution in [3.05, 3.63) is 57.1 Å². The van der Waals surface area contributed by atoms with E-state index >= 15 is 0 Å². The van der Waals surface area contributed by atoms with Gasteiger partial charge in [0.05, 0.1) is 36.9 Å². The highest BCUT2D eigenvalue weighted by Gasteiger charge is 2.24. The number of ether oxygens (including phenoxy) is 2. The molecule has 8 nitrogen and oxygen atoms in total. The highest BCUT2D eigenvalue weighted by atomic mass is 16.5. The number of nitrogens with zero attached hydrogens (tertiary/aromatic N) is 4. The molecule has 3 aromatic rings. The molecular formula is C28H35N5O3. The number of H-pyrrole nitrogens is 1. The van der Waals surface area contributed by atoms with E-state index in [2.05, 4.69) is 26.9 Å². The number of fused-ring (bicyclic) bond motifs is 2. The third-order valence-electron chi connectivity index (χ3n) is 7.98. The molecule has 0 amide bonds. The van der Waals surface area contributed by atoms with E-state index in [0.717, 1.165) is 92.3 Å². The maximum atomic E-state index is 13.4. The molecule has 2 aromatic heterocycles. The van der Waals surface area contributed by atoms with E-state index in [9.17, 15) is 4.79 Å². The van der Waals surface area contributed by atoms with E-state index in [1.807, 2.05) is 12.1 Å². The number of nitrogens with one attached hydrogen (secondary N) is 1. The number of morpholine rings is 1. The molecule has 0 unspecified atom stereocenters. The van der Waals surface area contributed by atoms with Gasteiger partial charge in [0.25, 0.3) is 5.56 Å². The minimum atomic E-state index is -0.0528. The van der Waals surface area contributed by atoms with Crippen LogP contribution in [-0.2, 0) is 24.2 Å². The van der Waals surface area contributed by atoms with Gasteiger partial charge < -0.3 is 14.4 Å². The predicted octanol–water partition coefficient (Wildman–Crippen LogP) is 3.77. The van der Waals surface area contributed by atoms with Crippen LogP contribution in [0.2, 0.25) is 0 Å². The number of methoxy groups -OCH3 is 1. The number of pyridine rings is 1. The van der Waals surface area contributed by atoms with Crippen LogP contribution in [0.15, 0.2) is 29.1 Å². The summed E-state index contributed by atoms with van der Waals surface area (Å²) < 4.78 is 11.1. The van der Waals surface area contributed by atoms with Crippen molar-refractivity contribution >= 4 is 16.9 Å². The fraction of sp³-hybridized carbons (Fsp3) is 0.536. The first-order chi connectivity index (χ1) is 17.7. The van der Waals surface area contributed by atoms with Crippen molar-refractivity contribution in [1.82, 2.24) is 19.9 Å². The second-order valence-corrected chi connectivity index (χ2v) is 10.3. The van der Waals surface area contributed by atoms with E-state index in [-0.39, 0.29) is 5.56 Å². The van der Waals surface area contributed by atoms with Gasteiger partial charge in [-0.2, -0.15) is 0 Å². The first-order valence-corrected chi connectivity index (χ1v) is 13.3. The molecule has 1 saturated heterocycles. The van der Waals surface area contributed by atoms with Gasteiger partial charge in [-0.05, 0) is 42.0 Å². The molecule has 2 aliphatic heterocycles. The normalized spacial score (nSPS) is 19.4. The van der Waals surface area contributed by atoms with E-state index in [0.29, 0.717) is 18.4 Å². The monoisotopic (exact) mass is 489 g/mol. The van der Waals surface area contributed by atoms with Crippen LogP contribution in [0.3, 0.4) is 0 Å². The lowest BCUT2D eigenvalue weighted by Gasteiger charge is -2.30. The summed E-state index contributed by atoms with van der Waals surface area (Å²) in [5.74, 6) is 1.79. The lowest BCUT2D eigenvalue weighted by Crippen LogP contribution is -2.36. The third-order valence-corrected chi connectivity index (χ3v) is 7.98. The van der Waals surface area contributed by atoms with Crippen molar-refractivity contribution < 1.29 is 9.47 Å². The molecule has 1 saturated carbocycles. The molecule has 36 heavy (non-hydrogen) atoms. The van der Waals surface area contributed by atoms with Gasteiger partial charge in [-0.3, -0.25) is 19.7 Å². The van der Waals surface area contributed by atoms with Gasteiger partial charge in [0.1, 0.15) is 5.75 Å². The summed E-state index contributed by atoms with van der Waals surface area (Å²) in [4.78, 5) is 31.0. The summed E-state index contributed by atoms with van der Waals surface area (Å²) in [7, 11) is 1.68. The predicted molar refractivity (Wildman–Crippen MR) is 140 cm³/mol. The summed E-state index contributed by atoms with van der Waals surface area (Å²) in [5.41, 5.74) is 5.22. The Kier molecular flexibility index (Phi) is 6.63. The maximum absolute atomic E-state index is 13.4. The van der Waals surface area contributed by atoms with Crippen LogP contribution in [0.25, 0.3) is 10.9 Å². The molecule has 0 spiro atoms. The fourth-order valence-electron chi connectivity index (χ4n) is 5.99. The van der Waals surface area contributed by atoms with Crippen molar-refractivity contribution in [2.24, 2.45) is 0 Å². The van der Waals surface area contributed by atoms with Crippen LogP contribution in [0.4, 0.5) is 5.95 Å². The van der Waals surface area contributed by atoms with Gasteiger partial charge in [-0.1, -0.05) is 25.3 Å². The average Bonchev–Trinajstić information content (AvgIpc) is 2.93. The Morgan fingerprint density at radius 3 is 2.72 bits per heavy atom. The Hall–Kier alpha value is -2.97. The van der Waals surface area contributed by atoms with Crippen LogP contribution in [0.5, 0.6) is 5.75 Å². The minimum absolute atomic E-state index is 0.0528. The Morgan fingerprint density at radius 1 is 1.08 bits per heavy atom. The topological polar surface area (TPSA) is 83.6 Å². The van der Waals surface area contributed by atoms with Crippen LogP contribution < -0.4 is 15.2 Å². The van der Waals surface area contributed by atoms with Crippen LogP contribution in [-0.4, -0.2) is 59.8 Å². The molecule has 0 radical (unpaired) electrons. The largest absolute Gasteiger partial charge is 0.497 e. The number of rotatable bonds is 5. The summed E-state index contributed by atoms with van der Waals surface area (Å²) in [6, 6.07) is 8.27. The quantitative estimate of drug-likeness (QED) is 0.584. The van der Waals surface area contributed by atoms with E-state index in [1.54, 1.807) is 7.11 Å². The average molecular weight is 490 g/mol. The number of hydrogen-bond acceptors (Lipinski definition) is 7. The molecule has 1 aromatic carbocycles. The highest BCUT2D eigenvalue weighted by molar-refractivity contribution is 5.84. The smallest absolute Gasteiger partial charge is 0.260 e. The number of aromatic amines is 1. The van der Waals surface area contributed by atoms with E-state index in [1.165, 1.54) is 24.8 Å². The lowest BCUT2D eigenvalue weighted by molar-refractivity contribution is 0.0336. The second kappa shape index (κ2) is 10.2. The molecule has 4 heterocycles. The SMILES string of the molecule is COc1cc(C2CCCCC2)c2c(=O)[nH]c(N3CCc4nc(CN5CCOCC5)ccc4C3)nc2c1. The first-order valence-electron chi connectivity index (χ1n) is 13.3. The molecule has 190 valence electrons. The zero-order valence-corrected chi connectivity index (χ0v) is 21.1. The van der Waals surface area contributed by atoms with Crippen molar-refractivity contribution in [1.29, 1.82) is 0 Å². The molecular weight excluding hydrogens is 454 g/mol. The summed E-state index contributed by atoms with van der Waals surface area (Å²) in [6.07, 6.45) is 6.76. The van der Waals surface area contributed by atoms with Crippen molar-refractivity contribution in [2.45, 2.75) is 57.5 Å². The van der Waals surface area contributed by atoms with Crippen molar-refractivity contribution in [3.8, 4) is 5.75 Å². The number of hydrogen-bond donors (Lipinski definition) is 1. The van der Waals surface area contributed by atoms with Gasteiger partial charge >= 0.3 is 0 Å². The second-order valence-electron chi connectivity index (χ2n) is 10.3. The Morgan fingerprint density at radius 2 is 1.92 bits per heavy atom. The minimum Gasteiger partial charge on any atom is -0.497 e. The maximum Gasteiger partial charge on any atom is 0.260 e. The Bertz CT molecular complexity index is 1290. The van der Waals surface area contributed by atoms with Crippen LogP contribution >= 0.6 is 0 Å². The van der Waals surface area contributed by atoms with Crippen molar-refractivity contribution in [2.75, 3.05) is 44.9 Å². The fourth-order valence-corrected chi connectivity index (χ4v) is 5.99. The van der Waals surface area contributed by atoms with Crippen molar-refractivity contribution in [3.63, 3.8) is 0 Å². The third kappa shape index (κ3) is 4.72. The van der Waals surface area contributed by atoms with Gasteiger partial charge in [0.15, 0.2) is 0 Å². The molecule has 3 aliphatic rings. The molecule has 0 atom stereocenters. The lowest BCUT2D eigenvalue weighted by atomic mass is 9.82. The van der Waals surface area contributed by atoms with Gasteiger partial charge in [-0.15, -0.1) is 0 Å². The Balaban J connectivity index is 1.27. The Labute approximate surface area is 211 Å². The number of benzene rings is 1. The van der Waals surface area contributed by atoms with E-state index in [4.69, 9.17) is 19.4 Å². The molecule has 1 aliphatic carbocycles. The number of anilines is 1. The van der Waals surface area contributed by atoms with Gasteiger partial charge in [-0.25, -0.2) is 4.98 Å². The zero-order valence-electron chi connectivity index (χ0n) is 21.1. The number of aromatic nitrogens is 3. The van der Waals surface area contributed by atoms with Crippen LogP contribution in [0, 0.1) is 0 Å². The van der Waals surface area contributed by atoms with Crippen LogP contribution in [0.1, 0.15) is 60.5 Å². The summed E-state index contributed by atoms with van der Waals surface area (Å²) >= 11 is 0. The molecule has 6 rings (SSSR count). The molecule has 2 fully saturated rings. The standard InChI is InChI=1S/C28H35N5O3/c1-35-22-15-23(19-5-3-2-4-6-19)26-25(16-22)30-28(31-27(26)34)33-10-9-24-20(17-33)7-8-21(29-24)18-32-11-13-36-14-12-32/h7-8,15-16,19H,2-6,9-14,17-18H2,1H3,(H,30,31,34). The first kappa shape index (κ1) is 23.4. The van der Waals surface area contributed by atoms with E-state index < -0.39 is 0 Å².